The summed E-state index contributed by atoms with van der Waals surface area (Å²) in [5, 5.41) is 0. The molecule has 0 fully saturated rings. The van der Waals surface area contributed by atoms with Crippen LogP contribution in [0, 0.1) is 5.82 Å². The van der Waals surface area contributed by atoms with Gasteiger partial charge in [-0.15, -0.1) is 0 Å². The lowest BCUT2D eigenvalue weighted by atomic mass is 10.1. The van der Waals surface area contributed by atoms with Crippen LogP contribution in [-0.4, -0.2) is 12.3 Å². The summed E-state index contributed by atoms with van der Waals surface area (Å²) in [4.78, 5) is 11.2. The fourth-order valence-corrected chi connectivity index (χ4v) is 1.19. The zero-order valence-electron chi connectivity index (χ0n) is 6.89. The summed E-state index contributed by atoms with van der Waals surface area (Å²) in [5.41, 5.74) is 5.58. The molecule has 0 saturated carbocycles. The van der Waals surface area contributed by atoms with E-state index in [1.807, 2.05) is 0 Å². The van der Waals surface area contributed by atoms with E-state index < -0.39 is 5.82 Å². The molecule has 0 aromatic heterocycles. The number of nitrogens with two attached hydrogens (primary N) is 1. The molecule has 2 nitrogen and oxygen atoms in total. The fourth-order valence-electron chi connectivity index (χ4n) is 0.945. The number of Topliss-reactive ketones (excluding diaryl/α,β-unsaturated/α-hetero) is 1. The maximum Gasteiger partial charge on any atom is 0.164 e. The van der Waals surface area contributed by atoms with Crippen molar-refractivity contribution in [2.75, 3.05) is 6.54 Å². The lowest BCUT2D eigenvalue weighted by Gasteiger charge is -2.00. The summed E-state index contributed by atoms with van der Waals surface area (Å²) in [6.07, 6.45) is 0.251. The molecule has 0 atom stereocenters. The van der Waals surface area contributed by atoms with Gasteiger partial charge >= 0.3 is 0 Å². The van der Waals surface area contributed by atoms with Crippen molar-refractivity contribution in [1.82, 2.24) is 0 Å². The van der Waals surface area contributed by atoms with Gasteiger partial charge in [0.25, 0.3) is 0 Å². The first-order valence-electron chi connectivity index (χ1n) is 3.83. The van der Waals surface area contributed by atoms with E-state index in [0.29, 0.717) is 10.0 Å². The summed E-state index contributed by atoms with van der Waals surface area (Å²) in [7, 11) is 0. The lowest BCUT2D eigenvalue weighted by Crippen LogP contribution is -2.08. The third-order valence-electron chi connectivity index (χ3n) is 1.61. The molecule has 0 amide bonds. The minimum Gasteiger partial charge on any atom is -0.330 e. The van der Waals surface area contributed by atoms with E-state index in [-0.39, 0.29) is 18.7 Å². The largest absolute Gasteiger partial charge is 0.330 e. The molecule has 0 aliphatic rings. The highest BCUT2D eigenvalue weighted by Gasteiger charge is 2.07. The molecular formula is C9H9BrFNO. The second-order valence-electron chi connectivity index (χ2n) is 2.59. The molecule has 4 heteroatoms. The molecule has 0 aliphatic heterocycles. The van der Waals surface area contributed by atoms with Gasteiger partial charge in [-0.3, -0.25) is 4.79 Å². The second kappa shape index (κ2) is 4.48. The van der Waals surface area contributed by atoms with Crippen molar-refractivity contribution in [1.29, 1.82) is 0 Å². The number of carbonyl (C=O) groups excluding carboxylic acids is 1. The Morgan fingerprint density at radius 2 is 2.23 bits per heavy atom. The average molecular weight is 246 g/mol. The average Bonchev–Trinajstić information content (AvgIpc) is 2.10. The van der Waals surface area contributed by atoms with Gasteiger partial charge in [0.05, 0.1) is 4.47 Å². The van der Waals surface area contributed by atoms with Crippen LogP contribution in [0.2, 0.25) is 0 Å². The van der Waals surface area contributed by atoms with Crippen molar-refractivity contribution in [2.24, 2.45) is 5.73 Å². The number of hydrogen-bond donors (Lipinski definition) is 1. The molecule has 0 aliphatic carbocycles. The smallest absolute Gasteiger partial charge is 0.164 e. The van der Waals surface area contributed by atoms with Gasteiger partial charge in [0.2, 0.25) is 0 Å². The highest BCUT2D eigenvalue weighted by Crippen LogP contribution is 2.17. The van der Waals surface area contributed by atoms with Crippen LogP contribution >= 0.6 is 15.9 Å². The van der Waals surface area contributed by atoms with Crippen molar-refractivity contribution in [2.45, 2.75) is 6.42 Å². The monoisotopic (exact) mass is 245 g/mol. The van der Waals surface area contributed by atoms with Crippen LogP contribution in [0.15, 0.2) is 22.7 Å². The maximum atomic E-state index is 12.9. The Hall–Kier alpha value is -0.740. The van der Waals surface area contributed by atoms with Crippen molar-refractivity contribution in [3.8, 4) is 0 Å². The SMILES string of the molecule is NCCC(=O)c1ccc(Br)c(F)c1. The van der Waals surface area contributed by atoms with Crippen molar-refractivity contribution < 1.29 is 9.18 Å². The molecule has 0 radical (unpaired) electrons. The van der Waals surface area contributed by atoms with Gasteiger partial charge in [-0.1, -0.05) is 6.07 Å². The molecule has 70 valence electrons. The van der Waals surface area contributed by atoms with Crippen LogP contribution < -0.4 is 5.73 Å². The van der Waals surface area contributed by atoms with Crippen LogP contribution in [-0.2, 0) is 0 Å². The molecule has 0 bridgehead atoms. The molecule has 0 heterocycles. The molecule has 1 aromatic rings. The van der Waals surface area contributed by atoms with E-state index in [4.69, 9.17) is 5.73 Å². The van der Waals surface area contributed by atoms with E-state index in [1.165, 1.54) is 12.1 Å². The first kappa shape index (κ1) is 10.3. The maximum absolute atomic E-state index is 12.9. The number of halogens is 2. The van der Waals surface area contributed by atoms with Gasteiger partial charge < -0.3 is 5.73 Å². The van der Waals surface area contributed by atoms with E-state index in [9.17, 15) is 9.18 Å². The standard InChI is InChI=1S/C9H9BrFNO/c10-7-2-1-6(5-8(7)11)9(13)3-4-12/h1-2,5H,3-4,12H2. The van der Waals surface area contributed by atoms with Gasteiger partial charge in [-0.05, 0) is 34.6 Å². The third kappa shape index (κ3) is 2.60. The number of rotatable bonds is 3. The van der Waals surface area contributed by atoms with Crippen LogP contribution in [0.4, 0.5) is 4.39 Å². The fraction of sp³-hybridized carbons (Fsp3) is 0.222. The van der Waals surface area contributed by atoms with Crippen LogP contribution in [0.5, 0.6) is 0 Å². The zero-order valence-corrected chi connectivity index (χ0v) is 8.47. The van der Waals surface area contributed by atoms with Gasteiger partial charge in [0.15, 0.2) is 5.78 Å². The minimum absolute atomic E-state index is 0.131. The van der Waals surface area contributed by atoms with Crippen LogP contribution in [0.3, 0.4) is 0 Å². The Morgan fingerprint density at radius 1 is 1.54 bits per heavy atom. The Kier molecular flexibility index (Phi) is 3.57. The number of hydrogen-bond acceptors (Lipinski definition) is 2. The van der Waals surface area contributed by atoms with Crippen LogP contribution in [0.25, 0.3) is 0 Å². The summed E-state index contributed by atoms with van der Waals surface area (Å²) in [6.45, 7) is 0.288. The summed E-state index contributed by atoms with van der Waals surface area (Å²) in [6, 6.07) is 4.30. The predicted octanol–water partition coefficient (Wildman–Crippen LogP) is 2.12. The summed E-state index contributed by atoms with van der Waals surface area (Å²) >= 11 is 3.01. The molecular weight excluding hydrogens is 237 g/mol. The van der Waals surface area contributed by atoms with Crippen molar-refractivity contribution in [3.05, 3.63) is 34.1 Å². The van der Waals surface area contributed by atoms with Crippen molar-refractivity contribution in [3.63, 3.8) is 0 Å². The lowest BCUT2D eigenvalue weighted by molar-refractivity contribution is 0.0985. The van der Waals surface area contributed by atoms with Gasteiger partial charge in [0.1, 0.15) is 5.82 Å². The Labute approximate surface area is 84.1 Å². The Morgan fingerprint density at radius 3 is 2.77 bits per heavy atom. The summed E-state index contributed by atoms with van der Waals surface area (Å²) < 4.78 is 13.3. The molecule has 2 N–H and O–H groups in total. The van der Waals surface area contributed by atoms with E-state index in [0.717, 1.165) is 0 Å². The molecule has 0 unspecified atom stereocenters. The zero-order chi connectivity index (χ0) is 9.84. The van der Waals surface area contributed by atoms with Gasteiger partial charge in [-0.25, -0.2) is 4.39 Å². The minimum atomic E-state index is -0.428. The van der Waals surface area contributed by atoms with Crippen LogP contribution in [0.1, 0.15) is 16.8 Å². The van der Waals surface area contributed by atoms with Crippen molar-refractivity contribution >= 4 is 21.7 Å². The van der Waals surface area contributed by atoms with Gasteiger partial charge in [0, 0.05) is 12.0 Å². The van der Waals surface area contributed by atoms with Gasteiger partial charge in [-0.2, -0.15) is 0 Å². The van der Waals surface area contributed by atoms with E-state index >= 15 is 0 Å². The predicted molar refractivity (Wildman–Crippen MR) is 52.1 cm³/mol. The quantitative estimate of drug-likeness (QED) is 0.830. The Balaban J connectivity index is 2.90. The van der Waals surface area contributed by atoms with E-state index in [2.05, 4.69) is 15.9 Å². The number of carbonyl (C=O) groups is 1. The molecule has 1 aromatic carbocycles. The molecule has 0 spiro atoms. The summed E-state index contributed by atoms with van der Waals surface area (Å²) in [5.74, 6) is -0.559. The molecule has 1 rings (SSSR count). The number of ketones is 1. The second-order valence-corrected chi connectivity index (χ2v) is 3.45. The Bertz CT molecular complexity index is 327. The third-order valence-corrected chi connectivity index (χ3v) is 2.26. The first-order valence-corrected chi connectivity index (χ1v) is 4.62. The topological polar surface area (TPSA) is 43.1 Å². The number of benzene rings is 1. The first-order chi connectivity index (χ1) is 6.15. The molecule has 13 heavy (non-hydrogen) atoms. The highest BCUT2D eigenvalue weighted by molar-refractivity contribution is 9.10. The normalized spacial score (nSPS) is 10.1. The highest BCUT2D eigenvalue weighted by atomic mass is 79.9. The van der Waals surface area contributed by atoms with E-state index in [1.54, 1.807) is 6.07 Å². The molecule has 0 saturated heterocycles.